The predicted octanol–water partition coefficient (Wildman–Crippen LogP) is 4.82. The highest BCUT2D eigenvalue weighted by Crippen LogP contribution is 2.25. The lowest BCUT2D eigenvalue weighted by Gasteiger charge is -2.18. The van der Waals surface area contributed by atoms with Gasteiger partial charge in [0.25, 0.3) is 5.91 Å². The van der Waals surface area contributed by atoms with E-state index in [0.29, 0.717) is 17.1 Å². The molecule has 0 N–H and O–H groups in total. The van der Waals surface area contributed by atoms with Crippen molar-refractivity contribution in [2.24, 2.45) is 0 Å². The van der Waals surface area contributed by atoms with Gasteiger partial charge in [-0.05, 0) is 43.2 Å². The van der Waals surface area contributed by atoms with Crippen molar-refractivity contribution in [2.45, 2.75) is 33.2 Å². The predicted molar refractivity (Wildman–Crippen MR) is 102 cm³/mol. The molecule has 0 unspecified atom stereocenters. The Bertz CT molecular complexity index is 927. The van der Waals surface area contributed by atoms with E-state index in [0.717, 1.165) is 22.9 Å². The number of hydrogen-bond donors (Lipinski definition) is 0. The lowest BCUT2D eigenvalue weighted by molar-refractivity contribution is 0.0773. The molecule has 0 atom stereocenters. The summed E-state index contributed by atoms with van der Waals surface area (Å²) in [5, 5.41) is 5.08. The van der Waals surface area contributed by atoms with Crippen LogP contribution in [0.1, 0.15) is 47.3 Å². The maximum Gasteiger partial charge on any atom is 0.257 e. The SMILES string of the molecule is Cc1ccc(CN(C)C(=O)c2cnn(-c3cccc(Cl)c3)c2C(C)C)o1. The molecule has 0 bridgehead atoms. The number of nitrogens with zero attached hydrogens (tertiary/aromatic N) is 3. The fraction of sp³-hybridized carbons (Fsp3) is 0.300. The number of aromatic nitrogens is 2. The Morgan fingerprint density at radius 1 is 1.31 bits per heavy atom. The first kappa shape index (κ1) is 18.3. The minimum atomic E-state index is -0.0870. The van der Waals surface area contributed by atoms with Gasteiger partial charge in [-0.2, -0.15) is 5.10 Å². The molecule has 6 heteroatoms. The quantitative estimate of drug-likeness (QED) is 0.645. The minimum absolute atomic E-state index is 0.0870. The average molecular weight is 372 g/mol. The molecule has 5 nitrogen and oxygen atoms in total. The fourth-order valence-corrected chi connectivity index (χ4v) is 3.16. The molecule has 3 aromatic rings. The zero-order valence-electron chi connectivity index (χ0n) is 15.4. The molecule has 1 aromatic carbocycles. The Morgan fingerprint density at radius 3 is 2.69 bits per heavy atom. The van der Waals surface area contributed by atoms with Crippen LogP contribution in [0.4, 0.5) is 0 Å². The first-order chi connectivity index (χ1) is 12.4. The van der Waals surface area contributed by atoms with E-state index in [2.05, 4.69) is 5.10 Å². The molecular weight excluding hydrogens is 350 g/mol. The van der Waals surface area contributed by atoms with Crippen LogP contribution in [0.25, 0.3) is 5.69 Å². The summed E-state index contributed by atoms with van der Waals surface area (Å²) in [7, 11) is 1.76. The van der Waals surface area contributed by atoms with E-state index in [1.54, 1.807) is 22.8 Å². The van der Waals surface area contributed by atoms with Crippen LogP contribution >= 0.6 is 11.6 Å². The number of carbonyl (C=O) groups is 1. The Hall–Kier alpha value is -2.53. The van der Waals surface area contributed by atoms with Crippen LogP contribution < -0.4 is 0 Å². The van der Waals surface area contributed by atoms with Crippen molar-refractivity contribution in [2.75, 3.05) is 7.05 Å². The lowest BCUT2D eigenvalue weighted by Crippen LogP contribution is -2.27. The molecule has 2 aromatic heterocycles. The molecule has 1 amide bonds. The Balaban J connectivity index is 1.93. The van der Waals surface area contributed by atoms with Gasteiger partial charge in [0.15, 0.2) is 0 Å². The molecule has 26 heavy (non-hydrogen) atoms. The van der Waals surface area contributed by atoms with Crippen molar-refractivity contribution in [3.05, 3.63) is 70.4 Å². The van der Waals surface area contributed by atoms with Gasteiger partial charge < -0.3 is 9.32 Å². The fourth-order valence-electron chi connectivity index (χ4n) is 2.97. The molecule has 0 aliphatic heterocycles. The molecular formula is C20H22ClN3O2. The smallest absolute Gasteiger partial charge is 0.257 e. The van der Waals surface area contributed by atoms with Gasteiger partial charge in [-0.15, -0.1) is 0 Å². The molecule has 0 aliphatic carbocycles. The molecule has 0 radical (unpaired) electrons. The minimum Gasteiger partial charge on any atom is -0.464 e. The number of halogens is 1. The summed E-state index contributed by atoms with van der Waals surface area (Å²) >= 11 is 6.11. The molecule has 0 saturated carbocycles. The molecule has 3 rings (SSSR count). The molecule has 136 valence electrons. The van der Waals surface area contributed by atoms with E-state index in [1.165, 1.54) is 0 Å². The van der Waals surface area contributed by atoms with Crippen LogP contribution in [0.3, 0.4) is 0 Å². The van der Waals surface area contributed by atoms with Gasteiger partial charge in [-0.1, -0.05) is 31.5 Å². The summed E-state index contributed by atoms with van der Waals surface area (Å²) in [4.78, 5) is 14.6. The third-order valence-electron chi connectivity index (χ3n) is 4.17. The molecule has 0 spiro atoms. The number of furan rings is 1. The normalized spacial score (nSPS) is 11.2. The second-order valence-electron chi connectivity index (χ2n) is 6.66. The summed E-state index contributed by atoms with van der Waals surface area (Å²) < 4.78 is 7.36. The van der Waals surface area contributed by atoms with E-state index in [-0.39, 0.29) is 11.8 Å². The largest absolute Gasteiger partial charge is 0.464 e. The highest BCUT2D eigenvalue weighted by atomic mass is 35.5. The standard InChI is InChI=1S/C20H22ClN3O2/c1-13(2)19-18(11-22-24(19)16-7-5-6-15(21)10-16)20(25)23(4)12-17-9-8-14(3)26-17/h5-11,13H,12H2,1-4H3. The topological polar surface area (TPSA) is 51.3 Å². The van der Waals surface area contributed by atoms with Crippen molar-refractivity contribution in [1.29, 1.82) is 0 Å². The van der Waals surface area contributed by atoms with E-state index >= 15 is 0 Å². The summed E-state index contributed by atoms with van der Waals surface area (Å²) in [6.45, 7) is 6.39. The van der Waals surface area contributed by atoms with Gasteiger partial charge in [0, 0.05) is 12.1 Å². The van der Waals surface area contributed by atoms with Crippen LogP contribution in [-0.2, 0) is 6.54 Å². The second kappa shape index (κ2) is 7.38. The maximum absolute atomic E-state index is 13.0. The van der Waals surface area contributed by atoms with Crippen molar-refractivity contribution in [3.63, 3.8) is 0 Å². The Labute approximate surface area is 158 Å². The zero-order valence-corrected chi connectivity index (χ0v) is 16.1. The van der Waals surface area contributed by atoms with E-state index < -0.39 is 0 Å². The van der Waals surface area contributed by atoms with Gasteiger partial charge in [-0.3, -0.25) is 4.79 Å². The number of amides is 1. The van der Waals surface area contributed by atoms with Gasteiger partial charge in [0.1, 0.15) is 11.5 Å². The first-order valence-electron chi connectivity index (χ1n) is 8.51. The summed E-state index contributed by atoms with van der Waals surface area (Å²) in [5.41, 5.74) is 2.29. The van der Waals surface area contributed by atoms with Gasteiger partial charge in [0.05, 0.1) is 29.7 Å². The van der Waals surface area contributed by atoms with Crippen LogP contribution in [0.5, 0.6) is 0 Å². The summed E-state index contributed by atoms with van der Waals surface area (Å²) in [6.07, 6.45) is 1.63. The van der Waals surface area contributed by atoms with Crippen LogP contribution in [-0.4, -0.2) is 27.6 Å². The monoisotopic (exact) mass is 371 g/mol. The van der Waals surface area contributed by atoms with Crippen molar-refractivity contribution in [1.82, 2.24) is 14.7 Å². The van der Waals surface area contributed by atoms with Crippen LogP contribution in [0.15, 0.2) is 47.0 Å². The lowest BCUT2D eigenvalue weighted by atomic mass is 10.0. The molecule has 2 heterocycles. The second-order valence-corrected chi connectivity index (χ2v) is 7.10. The highest BCUT2D eigenvalue weighted by Gasteiger charge is 2.24. The summed E-state index contributed by atoms with van der Waals surface area (Å²) in [5.74, 6) is 1.62. The molecule has 0 aliphatic rings. The Morgan fingerprint density at radius 2 is 2.08 bits per heavy atom. The Kier molecular flexibility index (Phi) is 5.18. The molecule has 0 fully saturated rings. The van der Waals surface area contributed by atoms with E-state index in [1.807, 2.05) is 57.2 Å². The maximum atomic E-state index is 13.0. The highest BCUT2D eigenvalue weighted by molar-refractivity contribution is 6.30. The first-order valence-corrected chi connectivity index (χ1v) is 8.89. The third kappa shape index (κ3) is 3.68. The van der Waals surface area contributed by atoms with Gasteiger partial charge in [0.2, 0.25) is 0 Å². The van der Waals surface area contributed by atoms with E-state index in [4.69, 9.17) is 16.0 Å². The van der Waals surface area contributed by atoms with E-state index in [9.17, 15) is 4.79 Å². The van der Waals surface area contributed by atoms with Crippen molar-refractivity contribution >= 4 is 17.5 Å². The van der Waals surface area contributed by atoms with Gasteiger partial charge >= 0.3 is 0 Å². The van der Waals surface area contributed by atoms with Gasteiger partial charge in [-0.25, -0.2) is 4.68 Å². The summed E-state index contributed by atoms with van der Waals surface area (Å²) in [6, 6.07) is 11.2. The average Bonchev–Trinajstić information content (AvgIpc) is 3.20. The number of benzene rings is 1. The number of hydrogen-bond acceptors (Lipinski definition) is 3. The van der Waals surface area contributed by atoms with Crippen molar-refractivity contribution in [3.8, 4) is 5.69 Å². The van der Waals surface area contributed by atoms with Crippen LogP contribution in [0.2, 0.25) is 5.02 Å². The molecule has 0 saturated heterocycles. The zero-order chi connectivity index (χ0) is 18.8. The number of rotatable bonds is 5. The van der Waals surface area contributed by atoms with Crippen molar-refractivity contribution < 1.29 is 9.21 Å². The number of aryl methyl sites for hydroxylation is 1. The number of carbonyl (C=O) groups excluding carboxylic acids is 1. The van der Waals surface area contributed by atoms with Crippen LogP contribution in [0, 0.1) is 6.92 Å². The third-order valence-corrected chi connectivity index (χ3v) is 4.41.